The monoisotopic (exact) mass is 419 g/mol. The SMILES string of the molecule is CCCc1nn(C)c2c(=O)[nH]c(N(Cc3cccc(-n4cccn4)c3)CC(C)C)nc12. The van der Waals surface area contributed by atoms with Crippen LogP contribution in [0.5, 0.6) is 0 Å². The molecule has 8 nitrogen and oxygen atoms in total. The third-order valence-corrected chi connectivity index (χ3v) is 5.17. The fourth-order valence-corrected chi connectivity index (χ4v) is 3.90. The van der Waals surface area contributed by atoms with Crippen LogP contribution < -0.4 is 10.5 Å². The number of rotatable bonds is 8. The Balaban J connectivity index is 1.73. The number of anilines is 1. The van der Waals surface area contributed by atoms with Crippen molar-refractivity contribution in [1.82, 2.24) is 29.5 Å². The third kappa shape index (κ3) is 4.38. The van der Waals surface area contributed by atoms with E-state index in [1.165, 1.54) is 0 Å². The molecule has 0 aliphatic rings. The molecular weight excluding hydrogens is 390 g/mol. The van der Waals surface area contributed by atoms with Gasteiger partial charge < -0.3 is 4.90 Å². The van der Waals surface area contributed by atoms with E-state index in [1.54, 1.807) is 17.9 Å². The van der Waals surface area contributed by atoms with Crippen molar-refractivity contribution in [2.45, 2.75) is 40.2 Å². The molecule has 1 N–H and O–H groups in total. The van der Waals surface area contributed by atoms with Gasteiger partial charge in [-0.15, -0.1) is 0 Å². The minimum atomic E-state index is -0.156. The van der Waals surface area contributed by atoms with Crippen LogP contribution in [0, 0.1) is 5.92 Å². The van der Waals surface area contributed by atoms with Crippen molar-refractivity contribution < 1.29 is 0 Å². The van der Waals surface area contributed by atoms with Gasteiger partial charge in [0.05, 0.1) is 11.4 Å². The van der Waals surface area contributed by atoms with Gasteiger partial charge in [-0.2, -0.15) is 10.2 Å². The largest absolute Gasteiger partial charge is 0.338 e. The topological polar surface area (TPSA) is 84.6 Å². The molecule has 1 aromatic carbocycles. The van der Waals surface area contributed by atoms with Gasteiger partial charge in [-0.1, -0.05) is 39.3 Å². The lowest BCUT2D eigenvalue weighted by atomic mass is 10.1. The lowest BCUT2D eigenvalue weighted by Gasteiger charge is -2.25. The second-order valence-electron chi connectivity index (χ2n) is 8.30. The molecule has 3 aromatic heterocycles. The summed E-state index contributed by atoms with van der Waals surface area (Å²) in [5, 5.41) is 8.85. The first-order valence-corrected chi connectivity index (χ1v) is 10.8. The smallest absolute Gasteiger partial charge is 0.278 e. The first-order chi connectivity index (χ1) is 15.0. The van der Waals surface area contributed by atoms with E-state index in [9.17, 15) is 4.79 Å². The van der Waals surface area contributed by atoms with Crippen molar-refractivity contribution in [2.75, 3.05) is 11.4 Å². The van der Waals surface area contributed by atoms with E-state index in [-0.39, 0.29) is 5.56 Å². The van der Waals surface area contributed by atoms with Crippen molar-refractivity contribution in [1.29, 1.82) is 0 Å². The van der Waals surface area contributed by atoms with E-state index in [0.717, 1.165) is 36.3 Å². The normalized spacial score (nSPS) is 11.5. The van der Waals surface area contributed by atoms with Crippen molar-refractivity contribution in [3.05, 3.63) is 64.3 Å². The molecule has 0 bridgehead atoms. The average molecular weight is 420 g/mol. The number of aromatic nitrogens is 6. The highest BCUT2D eigenvalue weighted by molar-refractivity contribution is 5.77. The van der Waals surface area contributed by atoms with Crippen LogP contribution >= 0.6 is 0 Å². The van der Waals surface area contributed by atoms with E-state index in [0.29, 0.717) is 29.4 Å². The third-order valence-electron chi connectivity index (χ3n) is 5.17. The molecule has 0 unspecified atom stereocenters. The van der Waals surface area contributed by atoms with Crippen LogP contribution in [0.2, 0.25) is 0 Å². The lowest BCUT2D eigenvalue weighted by molar-refractivity contribution is 0.599. The van der Waals surface area contributed by atoms with Gasteiger partial charge in [0.15, 0.2) is 5.52 Å². The van der Waals surface area contributed by atoms with Crippen molar-refractivity contribution in [3.63, 3.8) is 0 Å². The number of aromatic amines is 1. The highest BCUT2D eigenvalue weighted by atomic mass is 16.1. The summed E-state index contributed by atoms with van der Waals surface area (Å²) < 4.78 is 3.48. The molecule has 0 atom stereocenters. The molecule has 0 radical (unpaired) electrons. The number of hydrogen-bond acceptors (Lipinski definition) is 5. The Labute approximate surface area is 181 Å². The Bertz CT molecular complexity index is 1220. The molecular formula is C23H29N7O. The fraction of sp³-hybridized carbons (Fsp3) is 0.391. The standard InChI is InChI=1S/C23H29N7O/c1-5-8-19-20-21(28(4)27-19)22(31)26-23(25-20)29(14-16(2)3)15-17-9-6-10-18(13-17)30-12-7-11-24-30/h6-7,9-13,16H,5,8,14-15H2,1-4H3,(H,25,26,31). The van der Waals surface area contributed by atoms with Crippen LogP contribution in [0.3, 0.4) is 0 Å². The van der Waals surface area contributed by atoms with E-state index < -0.39 is 0 Å². The van der Waals surface area contributed by atoms with Gasteiger partial charge in [0.25, 0.3) is 5.56 Å². The van der Waals surface area contributed by atoms with Crippen LogP contribution in [0.25, 0.3) is 16.7 Å². The zero-order chi connectivity index (χ0) is 22.0. The van der Waals surface area contributed by atoms with Gasteiger partial charge in [-0.3, -0.25) is 14.5 Å². The maximum Gasteiger partial charge on any atom is 0.278 e. The number of nitrogens with one attached hydrogen (secondary N) is 1. The number of benzene rings is 1. The lowest BCUT2D eigenvalue weighted by Crippen LogP contribution is -2.31. The number of nitrogens with zero attached hydrogens (tertiary/aromatic N) is 6. The number of fused-ring (bicyclic) bond motifs is 1. The molecule has 31 heavy (non-hydrogen) atoms. The Kier molecular flexibility index (Phi) is 5.88. The van der Waals surface area contributed by atoms with Gasteiger partial charge in [0.1, 0.15) is 5.52 Å². The maximum absolute atomic E-state index is 12.9. The van der Waals surface area contributed by atoms with Gasteiger partial charge in [-0.05, 0) is 36.1 Å². The van der Waals surface area contributed by atoms with Crippen LogP contribution in [0.1, 0.15) is 38.4 Å². The Morgan fingerprint density at radius 2 is 2.06 bits per heavy atom. The van der Waals surface area contributed by atoms with Gasteiger partial charge in [0, 0.05) is 32.5 Å². The minimum absolute atomic E-state index is 0.156. The highest BCUT2D eigenvalue weighted by Gasteiger charge is 2.18. The number of hydrogen-bond donors (Lipinski definition) is 1. The van der Waals surface area contributed by atoms with Crippen molar-refractivity contribution >= 4 is 17.0 Å². The summed E-state index contributed by atoms with van der Waals surface area (Å²) in [6.45, 7) is 7.83. The Morgan fingerprint density at radius 3 is 2.77 bits per heavy atom. The second kappa shape index (κ2) is 8.75. The van der Waals surface area contributed by atoms with Crippen LogP contribution in [0.15, 0.2) is 47.5 Å². The van der Waals surface area contributed by atoms with Gasteiger partial charge >= 0.3 is 0 Å². The Morgan fingerprint density at radius 1 is 1.23 bits per heavy atom. The molecule has 0 aliphatic carbocycles. The van der Waals surface area contributed by atoms with E-state index in [1.807, 2.05) is 29.1 Å². The summed E-state index contributed by atoms with van der Waals surface area (Å²) in [6.07, 6.45) is 5.44. The first kappa shape index (κ1) is 20.8. The quantitative estimate of drug-likeness (QED) is 0.473. The summed E-state index contributed by atoms with van der Waals surface area (Å²) in [6, 6.07) is 10.2. The van der Waals surface area contributed by atoms with Crippen molar-refractivity contribution in [3.8, 4) is 5.69 Å². The summed E-state index contributed by atoms with van der Waals surface area (Å²) in [5.74, 6) is 0.986. The zero-order valence-electron chi connectivity index (χ0n) is 18.5. The summed E-state index contributed by atoms with van der Waals surface area (Å²) in [5.41, 5.74) is 4.06. The minimum Gasteiger partial charge on any atom is -0.338 e. The number of aryl methyl sites for hydroxylation is 2. The summed E-state index contributed by atoms with van der Waals surface area (Å²) in [4.78, 5) is 22.9. The molecule has 3 heterocycles. The predicted molar refractivity (Wildman–Crippen MR) is 123 cm³/mol. The molecule has 0 spiro atoms. The maximum atomic E-state index is 12.9. The van der Waals surface area contributed by atoms with Crippen LogP contribution in [-0.2, 0) is 20.0 Å². The predicted octanol–water partition coefficient (Wildman–Crippen LogP) is 3.46. The van der Waals surface area contributed by atoms with Crippen LogP contribution in [-0.4, -0.2) is 36.1 Å². The van der Waals surface area contributed by atoms with E-state index in [4.69, 9.17) is 4.98 Å². The highest BCUT2D eigenvalue weighted by Crippen LogP contribution is 2.20. The first-order valence-electron chi connectivity index (χ1n) is 10.8. The summed E-state index contributed by atoms with van der Waals surface area (Å²) in [7, 11) is 1.80. The molecule has 0 aliphatic heterocycles. The van der Waals surface area contributed by atoms with Gasteiger partial charge in [0.2, 0.25) is 5.95 Å². The molecule has 4 aromatic rings. The molecule has 0 saturated carbocycles. The summed E-state index contributed by atoms with van der Waals surface area (Å²) >= 11 is 0. The second-order valence-corrected chi connectivity index (χ2v) is 8.30. The molecule has 4 rings (SSSR count). The number of H-pyrrole nitrogens is 1. The molecule has 8 heteroatoms. The van der Waals surface area contributed by atoms with E-state index >= 15 is 0 Å². The molecule has 0 saturated heterocycles. The van der Waals surface area contributed by atoms with Crippen LogP contribution in [0.4, 0.5) is 5.95 Å². The fourth-order valence-electron chi connectivity index (χ4n) is 3.90. The molecule has 0 amide bonds. The zero-order valence-corrected chi connectivity index (χ0v) is 18.5. The average Bonchev–Trinajstić information content (AvgIpc) is 3.37. The Hall–Kier alpha value is -3.42. The van der Waals surface area contributed by atoms with E-state index in [2.05, 4.69) is 53.0 Å². The van der Waals surface area contributed by atoms with Gasteiger partial charge in [-0.25, -0.2) is 9.67 Å². The van der Waals surface area contributed by atoms with Crippen molar-refractivity contribution in [2.24, 2.45) is 13.0 Å². The molecule has 0 fully saturated rings. The molecule has 162 valence electrons.